The number of rotatable bonds is 4. The Morgan fingerprint density at radius 2 is 2.05 bits per heavy atom. The van der Waals surface area contributed by atoms with Gasteiger partial charge >= 0.3 is 0 Å². The predicted molar refractivity (Wildman–Crippen MR) is 81.4 cm³/mol. The predicted octanol–water partition coefficient (Wildman–Crippen LogP) is 3.90. The minimum absolute atomic E-state index is 0.0154. The maximum absolute atomic E-state index is 14.1. The molecule has 2 aromatic rings. The van der Waals surface area contributed by atoms with Gasteiger partial charge in [-0.2, -0.15) is 0 Å². The van der Waals surface area contributed by atoms with Gasteiger partial charge in [0.1, 0.15) is 11.6 Å². The number of amides is 1. The van der Waals surface area contributed by atoms with Crippen molar-refractivity contribution in [3.63, 3.8) is 0 Å². The summed E-state index contributed by atoms with van der Waals surface area (Å²) >= 11 is 5.97. The third-order valence-corrected chi connectivity index (χ3v) is 3.26. The molecule has 1 N–H and O–H groups in total. The molecule has 21 heavy (non-hydrogen) atoms. The van der Waals surface area contributed by atoms with Crippen LogP contribution in [-0.2, 0) is 0 Å². The third kappa shape index (κ3) is 3.34. The summed E-state index contributed by atoms with van der Waals surface area (Å²) < 4.78 is 19.4. The lowest BCUT2D eigenvalue weighted by Crippen LogP contribution is -2.23. The van der Waals surface area contributed by atoms with Gasteiger partial charge in [-0.05, 0) is 42.8 Å². The van der Waals surface area contributed by atoms with E-state index in [1.807, 2.05) is 0 Å². The van der Waals surface area contributed by atoms with Crippen LogP contribution in [0.4, 0.5) is 4.39 Å². The molecule has 3 nitrogen and oxygen atoms in total. The summed E-state index contributed by atoms with van der Waals surface area (Å²) in [6, 6.07) is 9.54. The van der Waals surface area contributed by atoms with E-state index < -0.39 is 11.7 Å². The minimum Gasteiger partial charge on any atom is -0.496 e. The maximum Gasteiger partial charge on any atom is 0.254 e. The molecule has 0 aliphatic carbocycles. The highest BCUT2D eigenvalue weighted by Crippen LogP contribution is 2.33. The SMILES string of the molecule is CCNC(=O)c1ccc(-c2cc(Cl)ccc2OC)cc1F. The first kappa shape index (κ1) is 15.3. The van der Waals surface area contributed by atoms with Crippen LogP contribution in [0.15, 0.2) is 36.4 Å². The topological polar surface area (TPSA) is 38.3 Å². The first-order valence-corrected chi connectivity index (χ1v) is 6.86. The molecule has 2 aromatic carbocycles. The van der Waals surface area contributed by atoms with Crippen molar-refractivity contribution < 1.29 is 13.9 Å². The fraction of sp³-hybridized carbons (Fsp3) is 0.188. The molecule has 2 rings (SSSR count). The van der Waals surface area contributed by atoms with Gasteiger partial charge in [-0.25, -0.2) is 4.39 Å². The van der Waals surface area contributed by atoms with Crippen molar-refractivity contribution in [3.8, 4) is 16.9 Å². The van der Waals surface area contributed by atoms with E-state index >= 15 is 0 Å². The van der Waals surface area contributed by atoms with Crippen molar-refractivity contribution in [2.45, 2.75) is 6.92 Å². The fourth-order valence-electron chi connectivity index (χ4n) is 2.03. The molecule has 0 radical (unpaired) electrons. The number of carbonyl (C=O) groups is 1. The van der Waals surface area contributed by atoms with Crippen LogP contribution in [0.5, 0.6) is 5.75 Å². The van der Waals surface area contributed by atoms with Crippen molar-refractivity contribution in [3.05, 3.63) is 52.8 Å². The average molecular weight is 308 g/mol. The minimum atomic E-state index is -0.583. The highest BCUT2D eigenvalue weighted by Gasteiger charge is 2.14. The summed E-state index contributed by atoms with van der Waals surface area (Å²) in [4.78, 5) is 11.7. The summed E-state index contributed by atoms with van der Waals surface area (Å²) in [6.07, 6.45) is 0. The fourth-order valence-corrected chi connectivity index (χ4v) is 2.20. The van der Waals surface area contributed by atoms with Crippen LogP contribution in [-0.4, -0.2) is 19.6 Å². The Bertz CT molecular complexity index is 673. The smallest absolute Gasteiger partial charge is 0.254 e. The molecule has 0 aromatic heterocycles. The van der Waals surface area contributed by atoms with Crippen molar-refractivity contribution in [1.29, 1.82) is 0 Å². The summed E-state index contributed by atoms with van der Waals surface area (Å²) in [6.45, 7) is 2.23. The van der Waals surface area contributed by atoms with Gasteiger partial charge in [-0.15, -0.1) is 0 Å². The van der Waals surface area contributed by atoms with E-state index in [0.717, 1.165) is 0 Å². The van der Waals surface area contributed by atoms with Gasteiger partial charge in [0.2, 0.25) is 0 Å². The maximum atomic E-state index is 14.1. The summed E-state index contributed by atoms with van der Waals surface area (Å²) in [5.74, 6) is -0.426. The molecule has 0 fully saturated rings. The molecular weight excluding hydrogens is 293 g/mol. The van der Waals surface area contributed by atoms with Crippen molar-refractivity contribution in [2.24, 2.45) is 0 Å². The molecule has 0 spiro atoms. The normalized spacial score (nSPS) is 10.3. The van der Waals surface area contributed by atoms with Crippen molar-refractivity contribution >= 4 is 17.5 Å². The second-order valence-electron chi connectivity index (χ2n) is 4.40. The monoisotopic (exact) mass is 307 g/mol. The third-order valence-electron chi connectivity index (χ3n) is 3.02. The Hall–Kier alpha value is -2.07. The number of hydrogen-bond donors (Lipinski definition) is 1. The standard InChI is InChI=1S/C16H15ClFNO2/c1-3-19-16(20)12-6-4-10(8-14(12)18)13-9-11(17)5-7-15(13)21-2/h4-9H,3H2,1-2H3,(H,19,20). The van der Waals surface area contributed by atoms with E-state index in [1.54, 1.807) is 31.2 Å². The lowest BCUT2D eigenvalue weighted by molar-refractivity contribution is 0.0952. The average Bonchev–Trinajstić information content (AvgIpc) is 2.47. The quantitative estimate of drug-likeness (QED) is 0.930. The van der Waals surface area contributed by atoms with E-state index in [9.17, 15) is 9.18 Å². The van der Waals surface area contributed by atoms with Crippen LogP contribution in [0.1, 0.15) is 17.3 Å². The largest absolute Gasteiger partial charge is 0.496 e. The van der Waals surface area contributed by atoms with E-state index in [-0.39, 0.29) is 5.56 Å². The molecule has 0 bridgehead atoms. The van der Waals surface area contributed by atoms with E-state index in [0.29, 0.717) is 28.4 Å². The first-order chi connectivity index (χ1) is 10.1. The molecule has 0 heterocycles. The molecule has 0 saturated carbocycles. The van der Waals surface area contributed by atoms with Gasteiger partial charge in [-0.1, -0.05) is 17.7 Å². The number of hydrogen-bond acceptors (Lipinski definition) is 2. The number of carbonyl (C=O) groups excluding carboxylic acids is 1. The molecule has 1 amide bonds. The first-order valence-electron chi connectivity index (χ1n) is 6.48. The zero-order chi connectivity index (χ0) is 15.4. The van der Waals surface area contributed by atoms with Gasteiger partial charge in [0.15, 0.2) is 0 Å². The van der Waals surface area contributed by atoms with Crippen LogP contribution in [0.25, 0.3) is 11.1 Å². The van der Waals surface area contributed by atoms with Gasteiger partial charge in [-0.3, -0.25) is 4.79 Å². The van der Waals surface area contributed by atoms with E-state index in [1.165, 1.54) is 19.2 Å². The lowest BCUT2D eigenvalue weighted by atomic mass is 10.0. The zero-order valence-electron chi connectivity index (χ0n) is 11.7. The van der Waals surface area contributed by atoms with Crippen LogP contribution >= 0.6 is 11.6 Å². The zero-order valence-corrected chi connectivity index (χ0v) is 12.5. The van der Waals surface area contributed by atoms with Gasteiger partial charge in [0, 0.05) is 17.1 Å². The van der Waals surface area contributed by atoms with E-state index in [4.69, 9.17) is 16.3 Å². The molecule has 0 atom stereocenters. The number of methoxy groups -OCH3 is 1. The Kier molecular flexibility index (Phi) is 4.81. The number of benzene rings is 2. The second kappa shape index (κ2) is 6.59. The van der Waals surface area contributed by atoms with Gasteiger partial charge < -0.3 is 10.1 Å². The Morgan fingerprint density at radius 3 is 2.67 bits per heavy atom. The summed E-state index contributed by atoms with van der Waals surface area (Å²) in [7, 11) is 1.53. The number of nitrogens with one attached hydrogen (secondary N) is 1. The van der Waals surface area contributed by atoms with Crippen LogP contribution in [0, 0.1) is 5.82 Å². The van der Waals surface area contributed by atoms with Crippen LogP contribution < -0.4 is 10.1 Å². The number of halogens is 2. The molecule has 110 valence electrons. The Labute approximate surface area is 127 Å². The molecule has 0 unspecified atom stereocenters. The van der Waals surface area contributed by atoms with Crippen LogP contribution in [0.2, 0.25) is 5.02 Å². The van der Waals surface area contributed by atoms with Crippen LogP contribution in [0.3, 0.4) is 0 Å². The highest BCUT2D eigenvalue weighted by atomic mass is 35.5. The van der Waals surface area contributed by atoms with Gasteiger partial charge in [0.25, 0.3) is 5.91 Å². The molecule has 5 heteroatoms. The Morgan fingerprint density at radius 1 is 1.29 bits per heavy atom. The molecular formula is C16H15ClFNO2. The summed E-state index contributed by atoms with van der Waals surface area (Å²) in [5.41, 5.74) is 1.29. The molecule has 0 aliphatic rings. The van der Waals surface area contributed by atoms with Crippen molar-refractivity contribution in [1.82, 2.24) is 5.32 Å². The van der Waals surface area contributed by atoms with E-state index in [2.05, 4.69) is 5.32 Å². The highest BCUT2D eigenvalue weighted by molar-refractivity contribution is 6.31. The molecule has 0 aliphatic heterocycles. The number of ether oxygens (including phenoxy) is 1. The van der Waals surface area contributed by atoms with Gasteiger partial charge in [0.05, 0.1) is 12.7 Å². The van der Waals surface area contributed by atoms with Crippen molar-refractivity contribution in [2.75, 3.05) is 13.7 Å². The second-order valence-corrected chi connectivity index (χ2v) is 4.84. The Balaban J connectivity index is 2.45. The summed E-state index contributed by atoms with van der Waals surface area (Å²) in [5, 5.41) is 3.10. The molecule has 0 saturated heterocycles. The lowest BCUT2D eigenvalue weighted by Gasteiger charge is -2.10.